The predicted molar refractivity (Wildman–Crippen MR) is 105 cm³/mol. The van der Waals surface area contributed by atoms with Crippen LogP contribution in [-0.2, 0) is 23.0 Å². The summed E-state index contributed by atoms with van der Waals surface area (Å²) >= 11 is 1.38. The fourth-order valence-electron chi connectivity index (χ4n) is 3.51. The van der Waals surface area contributed by atoms with Gasteiger partial charge >= 0.3 is 0 Å². The Morgan fingerprint density at radius 1 is 1.08 bits per heavy atom. The summed E-state index contributed by atoms with van der Waals surface area (Å²) in [6.07, 6.45) is 2.88. The smallest absolute Gasteiger partial charge is 0.253 e. The number of aryl methyl sites for hydroxylation is 2. The van der Waals surface area contributed by atoms with Gasteiger partial charge in [-0.05, 0) is 43.2 Å². The summed E-state index contributed by atoms with van der Waals surface area (Å²) in [5, 5.41) is 0. The van der Waals surface area contributed by atoms with E-state index in [0.717, 1.165) is 22.6 Å². The number of hydrogen-bond acceptors (Lipinski definition) is 3. The van der Waals surface area contributed by atoms with Gasteiger partial charge in [0.25, 0.3) is 10.0 Å². The highest BCUT2D eigenvalue weighted by Crippen LogP contribution is 2.38. The molecule has 1 unspecified atom stereocenters. The monoisotopic (exact) mass is 386 g/mol. The standard InChI is InChI=1S/C20H22N2O2S2/c1-3-17-10-11-19(25-17)26(23,24)22-14-13-21-12-4-5-18(21)20(22)16-8-6-15(2)7-9-16/h4-12,20H,3,13-14H2,1-2H3. The molecule has 3 aromatic rings. The van der Waals surface area contributed by atoms with Gasteiger partial charge in [-0.3, -0.25) is 0 Å². The van der Waals surface area contributed by atoms with Crippen LogP contribution < -0.4 is 0 Å². The van der Waals surface area contributed by atoms with Crippen molar-refractivity contribution in [1.82, 2.24) is 8.87 Å². The number of benzene rings is 1. The van der Waals surface area contributed by atoms with Gasteiger partial charge in [-0.25, -0.2) is 8.42 Å². The second-order valence-electron chi connectivity index (χ2n) is 6.63. The van der Waals surface area contributed by atoms with Crippen LogP contribution in [0.3, 0.4) is 0 Å². The van der Waals surface area contributed by atoms with Gasteiger partial charge < -0.3 is 4.57 Å². The Balaban J connectivity index is 1.82. The van der Waals surface area contributed by atoms with E-state index in [2.05, 4.69) is 4.57 Å². The van der Waals surface area contributed by atoms with Crippen LogP contribution in [0.2, 0.25) is 0 Å². The van der Waals surface area contributed by atoms with Gasteiger partial charge in [-0.15, -0.1) is 11.3 Å². The number of thiophene rings is 1. The summed E-state index contributed by atoms with van der Waals surface area (Å²) < 4.78 is 31.1. The van der Waals surface area contributed by atoms with Crippen LogP contribution in [0.25, 0.3) is 0 Å². The zero-order valence-electron chi connectivity index (χ0n) is 14.9. The van der Waals surface area contributed by atoms with Crippen LogP contribution >= 0.6 is 11.3 Å². The molecule has 0 N–H and O–H groups in total. The lowest BCUT2D eigenvalue weighted by Gasteiger charge is -2.36. The second-order valence-corrected chi connectivity index (χ2v) is 9.92. The molecule has 0 aliphatic carbocycles. The minimum absolute atomic E-state index is 0.295. The van der Waals surface area contributed by atoms with Gasteiger partial charge in [0, 0.05) is 29.9 Å². The molecule has 6 heteroatoms. The van der Waals surface area contributed by atoms with Crippen LogP contribution in [0.5, 0.6) is 0 Å². The molecule has 26 heavy (non-hydrogen) atoms. The van der Waals surface area contributed by atoms with E-state index in [1.165, 1.54) is 16.9 Å². The molecule has 0 saturated carbocycles. The molecule has 1 aliphatic rings. The molecule has 0 fully saturated rings. The highest BCUT2D eigenvalue weighted by atomic mass is 32.2. The molecule has 4 rings (SSSR count). The summed E-state index contributed by atoms with van der Waals surface area (Å²) in [7, 11) is -3.54. The van der Waals surface area contributed by atoms with Crippen LogP contribution in [0.1, 0.15) is 34.7 Å². The van der Waals surface area contributed by atoms with Gasteiger partial charge in [0.2, 0.25) is 0 Å². The van der Waals surface area contributed by atoms with Gasteiger partial charge in [-0.2, -0.15) is 4.31 Å². The molecule has 1 aromatic carbocycles. The van der Waals surface area contributed by atoms with E-state index >= 15 is 0 Å². The van der Waals surface area contributed by atoms with Crippen LogP contribution in [0.15, 0.2) is 58.9 Å². The van der Waals surface area contributed by atoms with Gasteiger partial charge in [0.15, 0.2) is 0 Å². The average Bonchev–Trinajstić information content (AvgIpc) is 3.31. The quantitative estimate of drug-likeness (QED) is 0.674. The third kappa shape index (κ3) is 2.92. The summed E-state index contributed by atoms with van der Waals surface area (Å²) in [6, 6.07) is 15.6. The summed E-state index contributed by atoms with van der Waals surface area (Å²) in [5.74, 6) is 0. The number of rotatable bonds is 4. The van der Waals surface area contributed by atoms with E-state index in [-0.39, 0.29) is 6.04 Å². The maximum absolute atomic E-state index is 13.4. The molecule has 0 amide bonds. The maximum Gasteiger partial charge on any atom is 0.253 e. The summed E-state index contributed by atoms with van der Waals surface area (Å²) in [4.78, 5) is 1.09. The lowest BCUT2D eigenvalue weighted by atomic mass is 10.0. The number of hydrogen-bond donors (Lipinski definition) is 0. The molecule has 4 nitrogen and oxygen atoms in total. The third-order valence-electron chi connectivity index (χ3n) is 4.94. The van der Waals surface area contributed by atoms with Crippen molar-refractivity contribution in [3.8, 4) is 0 Å². The molecule has 0 bridgehead atoms. The SMILES string of the molecule is CCc1ccc(S(=O)(=O)N2CCn3cccc3C2c2ccc(C)cc2)s1. The van der Waals surface area contributed by atoms with Crippen molar-refractivity contribution in [3.05, 3.63) is 76.4 Å². The normalized spacial score (nSPS) is 18.0. The van der Waals surface area contributed by atoms with Crippen molar-refractivity contribution in [2.24, 2.45) is 0 Å². The molecular weight excluding hydrogens is 364 g/mol. The first-order chi connectivity index (χ1) is 12.5. The molecule has 3 heterocycles. The van der Waals surface area contributed by atoms with Crippen molar-refractivity contribution in [2.75, 3.05) is 6.54 Å². The predicted octanol–water partition coefficient (Wildman–Crippen LogP) is 4.21. The highest BCUT2D eigenvalue weighted by Gasteiger charge is 2.38. The van der Waals surface area contributed by atoms with Crippen molar-refractivity contribution in [2.45, 2.75) is 37.1 Å². The van der Waals surface area contributed by atoms with Crippen molar-refractivity contribution in [1.29, 1.82) is 0 Å². The number of sulfonamides is 1. The van der Waals surface area contributed by atoms with E-state index in [1.54, 1.807) is 10.4 Å². The van der Waals surface area contributed by atoms with Crippen LogP contribution in [-0.4, -0.2) is 23.8 Å². The molecule has 0 saturated heterocycles. The lowest BCUT2D eigenvalue weighted by Crippen LogP contribution is -2.42. The number of nitrogens with zero attached hydrogens (tertiary/aromatic N) is 2. The maximum atomic E-state index is 13.4. The molecule has 1 atom stereocenters. The van der Waals surface area contributed by atoms with Crippen molar-refractivity contribution >= 4 is 21.4 Å². The van der Waals surface area contributed by atoms with Crippen LogP contribution in [0.4, 0.5) is 0 Å². The Labute approximate surface area is 158 Å². The first-order valence-corrected chi connectivity index (χ1v) is 11.1. The molecule has 0 spiro atoms. The Bertz CT molecular complexity index is 1020. The fourth-order valence-corrected chi connectivity index (χ4v) is 6.51. The highest BCUT2D eigenvalue weighted by molar-refractivity contribution is 7.91. The van der Waals surface area contributed by atoms with E-state index in [4.69, 9.17) is 0 Å². The van der Waals surface area contributed by atoms with E-state index < -0.39 is 10.0 Å². The minimum atomic E-state index is -3.54. The van der Waals surface area contributed by atoms with Gasteiger partial charge in [0.05, 0.1) is 6.04 Å². The van der Waals surface area contributed by atoms with Crippen LogP contribution in [0, 0.1) is 6.92 Å². The number of fused-ring (bicyclic) bond motifs is 1. The summed E-state index contributed by atoms with van der Waals surface area (Å²) in [6.45, 7) is 5.24. The van der Waals surface area contributed by atoms with Crippen molar-refractivity contribution in [3.63, 3.8) is 0 Å². The van der Waals surface area contributed by atoms with Gasteiger partial charge in [-0.1, -0.05) is 36.8 Å². The van der Waals surface area contributed by atoms with E-state index in [1.807, 2.05) is 62.5 Å². The Morgan fingerprint density at radius 2 is 1.85 bits per heavy atom. The Morgan fingerprint density at radius 3 is 2.54 bits per heavy atom. The largest absolute Gasteiger partial charge is 0.348 e. The third-order valence-corrected chi connectivity index (χ3v) is 8.50. The molecule has 136 valence electrons. The molecule has 2 aromatic heterocycles. The van der Waals surface area contributed by atoms with Gasteiger partial charge in [0.1, 0.15) is 4.21 Å². The fraction of sp³-hybridized carbons (Fsp3) is 0.300. The molecular formula is C20H22N2O2S2. The van der Waals surface area contributed by atoms with Crippen molar-refractivity contribution < 1.29 is 8.42 Å². The zero-order valence-corrected chi connectivity index (χ0v) is 16.6. The summed E-state index contributed by atoms with van der Waals surface area (Å²) in [5.41, 5.74) is 3.20. The topological polar surface area (TPSA) is 42.3 Å². The second kappa shape index (κ2) is 6.68. The lowest BCUT2D eigenvalue weighted by molar-refractivity contribution is 0.299. The molecule has 1 aliphatic heterocycles. The van der Waals surface area contributed by atoms with E-state index in [9.17, 15) is 8.42 Å². The number of aromatic nitrogens is 1. The first kappa shape index (κ1) is 17.5. The first-order valence-electron chi connectivity index (χ1n) is 8.83. The molecule has 0 radical (unpaired) electrons. The average molecular weight is 387 g/mol. The van der Waals surface area contributed by atoms with E-state index in [0.29, 0.717) is 17.3 Å². The Hall–Kier alpha value is -1.89. The minimum Gasteiger partial charge on any atom is -0.348 e. The zero-order chi connectivity index (χ0) is 18.3. The Kier molecular flexibility index (Phi) is 4.50.